The number of rotatable bonds is 1. The number of hydrogen-bond acceptors (Lipinski definition) is 1. The van der Waals surface area contributed by atoms with Crippen molar-refractivity contribution in [1.82, 2.24) is 5.32 Å². The van der Waals surface area contributed by atoms with Crippen LogP contribution in [0.4, 0.5) is 0 Å². The summed E-state index contributed by atoms with van der Waals surface area (Å²) in [4.78, 5) is 0. The molecular formula is C10H19N. The van der Waals surface area contributed by atoms with Gasteiger partial charge in [0, 0.05) is 6.04 Å². The minimum Gasteiger partial charge on any atom is -0.314 e. The summed E-state index contributed by atoms with van der Waals surface area (Å²) in [7, 11) is 0. The van der Waals surface area contributed by atoms with Crippen LogP contribution in [0.2, 0.25) is 0 Å². The number of piperidine rings is 1. The third-order valence-corrected chi connectivity index (χ3v) is 3.32. The maximum Gasteiger partial charge on any atom is 0.00953 e. The molecule has 0 aromatic heterocycles. The van der Waals surface area contributed by atoms with E-state index in [0.717, 1.165) is 12.0 Å². The van der Waals surface area contributed by atoms with Gasteiger partial charge in [0.2, 0.25) is 0 Å². The molecule has 1 heterocycles. The van der Waals surface area contributed by atoms with Gasteiger partial charge in [0.05, 0.1) is 0 Å². The van der Waals surface area contributed by atoms with Gasteiger partial charge in [-0.2, -0.15) is 0 Å². The first-order valence-electron chi connectivity index (χ1n) is 5.20. The molecule has 11 heavy (non-hydrogen) atoms. The fourth-order valence-electron chi connectivity index (χ4n) is 2.64. The van der Waals surface area contributed by atoms with E-state index in [-0.39, 0.29) is 0 Å². The van der Waals surface area contributed by atoms with E-state index in [4.69, 9.17) is 0 Å². The van der Waals surface area contributed by atoms with Crippen LogP contribution in [-0.4, -0.2) is 12.6 Å². The van der Waals surface area contributed by atoms with Gasteiger partial charge < -0.3 is 5.32 Å². The van der Waals surface area contributed by atoms with Crippen molar-refractivity contribution < 1.29 is 0 Å². The van der Waals surface area contributed by atoms with E-state index in [1.54, 1.807) is 0 Å². The SMILES string of the molecule is C1CCC(C2CCCC2)NC1. The molecule has 0 amide bonds. The topological polar surface area (TPSA) is 12.0 Å². The molecule has 0 aromatic rings. The van der Waals surface area contributed by atoms with Gasteiger partial charge >= 0.3 is 0 Å². The van der Waals surface area contributed by atoms with Gasteiger partial charge in [-0.1, -0.05) is 19.3 Å². The second-order valence-electron chi connectivity index (χ2n) is 4.10. The first-order chi connectivity index (χ1) is 5.47. The molecule has 1 unspecified atom stereocenters. The van der Waals surface area contributed by atoms with Crippen LogP contribution in [0.25, 0.3) is 0 Å². The molecule has 1 aliphatic carbocycles. The lowest BCUT2D eigenvalue weighted by atomic mass is 9.91. The summed E-state index contributed by atoms with van der Waals surface area (Å²) in [6, 6.07) is 0.895. The third kappa shape index (κ3) is 1.76. The molecule has 0 bridgehead atoms. The minimum atomic E-state index is 0.895. The van der Waals surface area contributed by atoms with Gasteiger partial charge in [-0.15, -0.1) is 0 Å². The average molecular weight is 153 g/mol. The van der Waals surface area contributed by atoms with Gasteiger partial charge in [0.15, 0.2) is 0 Å². The Kier molecular flexibility index (Phi) is 2.47. The highest BCUT2D eigenvalue weighted by molar-refractivity contribution is 4.82. The van der Waals surface area contributed by atoms with E-state index in [2.05, 4.69) is 5.32 Å². The van der Waals surface area contributed by atoms with Crippen molar-refractivity contribution in [3.05, 3.63) is 0 Å². The quantitative estimate of drug-likeness (QED) is 0.609. The third-order valence-electron chi connectivity index (χ3n) is 3.32. The molecule has 2 rings (SSSR count). The van der Waals surface area contributed by atoms with Gasteiger partial charge in [-0.25, -0.2) is 0 Å². The van der Waals surface area contributed by atoms with E-state index < -0.39 is 0 Å². The first-order valence-corrected chi connectivity index (χ1v) is 5.20. The number of hydrogen-bond donors (Lipinski definition) is 1. The molecule has 1 N–H and O–H groups in total. The summed E-state index contributed by atoms with van der Waals surface area (Å²) < 4.78 is 0. The van der Waals surface area contributed by atoms with Crippen LogP contribution >= 0.6 is 0 Å². The molecule has 0 aromatic carbocycles. The molecule has 1 heteroatoms. The van der Waals surface area contributed by atoms with Crippen molar-refractivity contribution >= 4 is 0 Å². The molecule has 1 saturated carbocycles. The van der Waals surface area contributed by atoms with Crippen LogP contribution in [0.15, 0.2) is 0 Å². The van der Waals surface area contributed by atoms with Crippen LogP contribution < -0.4 is 5.32 Å². The van der Waals surface area contributed by atoms with Gasteiger partial charge in [0.1, 0.15) is 0 Å². The maximum atomic E-state index is 3.66. The Morgan fingerprint density at radius 2 is 1.55 bits per heavy atom. The summed E-state index contributed by atoms with van der Waals surface area (Å²) in [6.07, 6.45) is 10.3. The van der Waals surface area contributed by atoms with Crippen LogP contribution in [0, 0.1) is 5.92 Å². The van der Waals surface area contributed by atoms with Crippen molar-refractivity contribution in [2.75, 3.05) is 6.54 Å². The minimum absolute atomic E-state index is 0.895. The second kappa shape index (κ2) is 3.57. The van der Waals surface area contributed by atoms with Gasteiger partial charge in [-0.3, -0.25) is 0 Å². The van der Waals surface area contributed by atoms with E-state index in [9.17, 15) is 0 Å². The van der Waals surface area contributed by atoms with Crippen LogP contribution in [-0.2, 0) is 0 Å². The Morgan fingerprint density at radius 3 is 2.18 bits per heavy atom. The monoisotopic (exact) mass is 153 g/mol. The molecule has 1 aliphatic heterocycles. The predicted octanol–water partition coefficient (Wildman–Crippen LogP) is 2.32. The summed E-state index contributed by atoms with van der Waals surface area (Å²) in [5.74, 6) is 1.04. The maximum absolute atomic E-state index is 3.66. The standard InChI is InChI=1S/C10H19N/c1-2-6-9(5-1)10-7-3-4-8-11-10/h9-11H,1-8H2. The molecular weight excluding hydrogens is 134 g/mol. The zero-order valence-electron chi connectivity index (χ0n) is 7.31. The second-order valence-corrected chi connectivity index (χ2v) is 4.10. The zero-order valence-corrected chi connectivity index (χ0v) is 7.31. The highest BCUT2D eigenvalue weighted by Crippen LogP contribution is 2.30. The zero-order chi connectivity index (χ0) is 7.52. The Bertz CT molecular complexity index is 110. The molecule has 1 nitrogen and oxygen atoms in total. The van der Waals surface area contributed by atoms with E-state index in [1.807, 2.05) is 0 Å². The fraction of sp³-hybridized carbons (Fsp3) is 1.00. The van der Waals surface area contributed by atoms with E-state index in [1.165, 1.54) is 51.5 Å². The molecule has 1 atom stereocenters. The van der Waals surface area contributed by atoms with Gasteiger partial charge in [-0.05, 0) is 38.1 Å². The Morgan fingerprint density at radius 1 is 0.818 bits per heavy atom. The smallest absolute Gasteiger partial charge is 0.00953 e. The Hall–Kier alpha value is -0.0400. The average Bonchev–Trinajstić information content (AvgIpc) is 2.58. The van der Waals surface area contributed by atoms with Crippen molar-refractivity contribution in [3.8, 4) is 0 Å². The van der Waals surface area contributed by atoms with Crippen molar-refractivity contribution in [2.45, 2.75) is 51.0 Å². The highest BCUT2D eigenvalue weighted by Gasteiger charge is 2.25. The van der Waals surface area contributed by atoms with E-state index in [0.29, 0.717) is 0 Å². The summed E-state index contributed by atoms with van der Waals surface area (Å²) in [5.41, 5.74) is 0. The largest absolute Gasteiger partial charge is 0.314 e. The van der Waals surface area contributed by atoms with Crippen LogP contribution in [0.5, 0.6) is 0 Å². The number of nitrogens with one attached hydrogen (secondary N) is 1. The summed E-state index contributed by atoms with van der Waals surface area (Å²) in [5, 5.41) is 3.66. The molecule has 64 valence electrons. The Labute approximate surface area is 69.6 Å². The lowest BCUT2D eigenvalue weighted by Crippen LogP contribution is -2.38. The highest BCUT2D eigenvalue weighted by atomic mass is 14.9. The van der Waals surface area contributed by atoms with Crippen LogP contribution in [0.3, 0.4) is 0 Å². The Balaban J connectivity index is 1.82. The molecule has 2 aliphatic rings. The van der Waals surface area contributed by atoms with Crippen molar-refractivity contribution in [2.24, 2.45) is 5.92 Å². The first kappa shape index (κ1) is 7.60. The van der Waals surface area contributed by atoms with Crippen molar-refractivity contribution in [1.29, 1.82) is 0 Å². The molecule has 1 saturated heterocycles. The normalized spacial score (nSPS) is 34.4. The fourth-order valence-corrected chi connectivity index (χ4v) is 2.64. The molecule has 0 spiro atoms. The van der Waals surface area contributed by atoms with Gasteiger partial charge in [0.25, 0.3) is 0 Å². The summed E-state index contributed by atoms with van der Waals surface area (Å²) >= 11 is 0. The lowest BCUT2D eigenvalue weighted by Gasteiger charge is -2.28. The van der Waals surface area contributed by atoms with Crippen molar-refractivity contribution in [3.63, 3.8) is 0 Å². The molecule has 2 fully saturated rings. The van der Waals surface area contributed by atoms with Crippen LogP contribution in [0.1, 0.15) is 44.9 Å². The van der Waals surface area contributed by atoms with E-state index >= 15 is 0 Å². The summed E-state index contributed by atoms with van der Waals surface area (Å²) in [6.45, 7) is 1.28. The molecule has 0 radical (unpaired) electrons. The lowest BCUT2D eigenvalue weighted by molar-refractivity contribution is 0.298. The predicted molar refractivity (Wildman–Crippen MR) is 47.6 cm³/mol.